The summed E-state index contributed by atoms with van der Waals surface area (Å²) >= 11 is 0. The Labute approximate surface area is 120 Å². The van der Waals surface area contributed by atoms with Gasteiger partial charge in [0.25, 0.3) is 5.91 Å². The Hall–Kier alpha value is -2.44. The minimum Gasteiger partial charge on any atom is -0.404 e. The minimum atomic E-state index is -4.84. The van der Waals surface area contributed by atoms with E-state index >= 15 is 0 Å². The van der Waals surface area contributed by atoms with Crippen molar-refractivity contribution in [3.05, 3.63) is 49.1 Å². The Morgan fingerprint density at radius 1 is 1.29 bits per heavy atom. The van der Waals surface area contributed by atoms with Crippen molar-refractivity contribution in [2.24, 2.45) is 0 Å². The second kappa shape index (κ2) is 6.83. The third-order valence-corrected chi connectivity index (χ3v) is 2.47. The van der Waals surface area contributed by atoms with Gasteiger partial charge in [0.15, 0.2) is 5.75 Å². The van der Waals surface area contributed by atoms with Crippen molar-refractivity contribution in [1.82, 2.24) is 4.90 Å². The number of carbonyl (C=O) groups is 1. The molecule has 0 aliphatic carbocycles. The molecule has 1 amide bonds. The van der Waals surface area contributed by atoms with Crippen molar-refractivity contribution in [2.45, 2.75) is 6.36 Å². The van der Waals surface area contributed by atoms with Crippen molar-refractivity contribution in [3.63, 3.8) is 0 Å². The number of nitrogen functional groups attached to an aromatic ring is 1. The zero-order valence-corrected chi connectivity index (χ0v) is 11.2. The van der Waals surface area contributed by atoms with E-state index in [1.54, 1.807) is 0 Å². The fourth-order valence-corrected chi connectivity index (χ4v) is 1.63. The van der Waals surface area contributed by atoms with Crippen molar-refractivity contribution in [2.75, 3.05) is 18.8 Å². The van der Waals surface area contributed by atoms with E-state index in [1.165, 1.54) is 23.1 Å². The third-order valence-electron chi connectivity index (χ3n) is 2.47. The van der Waals surface area contributed by atoms with Gasteiger partial charge in [-0.05, 0) is 18.2 Å². The molecule has 0 bridgehead atoms. The van der Waals surface area contributed by atoms with E-state index in [4.69, 9.17) is 5.73 Å². The number of hydrogen-bond donors (Lipinski definition) is 1. The molecule has 0 aliphatic rings. The minimum absolute atomic E-state index is 0.158. The number of amides is 1. The van der Waals surface area contributed by atoms with Crippen LogP contribution in [0.25, 0.3) is 0 Å². The number of ether oxygens (including phenoxy) is 1. The Balaban J connectivity index is 2.98. The summed E-state index contributed by atoms with van der Waals surface area (Å²) in [6.07, 6.45) is -1.77. The topological polar surface area (TPSA) is 55.6 Å². The summed E-state index contributed by atoms with van der Waals surface area (Å²) in [6.45, 7) is 7.63. The largest absolute Gasteiger partial charge is 0.573 e. The Kier molecular flexibility index (Phi) is 5.40. The molecule has 21 heavy (non-hydrogen) atoms. The molecule has 1 aromatic rings. The van der Waals surface area contributed by atoms with Gasteiger partial charge in [-0.1, -0.05) is 12.2 Å². The van der Waals surface area contributed by atoms with Crippen molar-refractivity contribution in [1.29, 1.82) is 0 Å². The summed E-state index contributed by atoms with van der Waals surface area (Å²) in [6, 6.07) is 3.37. The summed E-state index contributed by atoms with van der Waals surface area (Å²) in [5, 5.41) is 0. The molecule has 0 spiro atoms. The molecule has 0 aliphatic heterocycles. The maximum Gasteiger partial charge on any atom is 0.573 e. The van der Waals surface area contributed by atoms with E-state index in [-0.39, 0.29) is 30.2 Å². The fourth-order valence-electron chi connectivity index (χ4n) is 1.63. The zero-order valence-electron chi connectivity index (χ0n) is 11.2. The SMILES string of the molecule is C=CCN(CC=C)C(=O)c1ccc(OC(F)(F)F)c(N)c1. The average Bonchev–Trinajstić information content (AvgIpc) is 2.38. The number of halogens is 3. The quantitative estimate of drug-likeness (QED) is 0.649. The van der Waals surface area contributed by atoms with E-state index < -0.39 is 12.1 Å². The molecular weight excluding hydrogens is 285 g/mol. The molecule has 2 N–H and O–H groups in total. The van der Waals surface area contributed by atoms with E-state index in [0.29, 0.717) is 0 Å². The monoisotopic (exact) mass is 300 g/mol. The highest BCUT2D eigenvalue weighted by Gasteiger charge is 2.32. The van der Waals surface area contributed by atoms with Gasteiger partial charge in [-0.15, -0.1) is 26.3 Å². The molecule has 0 fully saturated rings. The highest BCUT2D eigenvalue weighted by atomic mass is 19.4. The van der Waals surface area contributed by atoms with Crippen LogP contribution in [0, 0.1) is 0 Å². The van der Waals surface area contributed by atoms with Gasteiger partial charge in [-0.2, -0.15) is 0 Å². The molecule has 0 atom stereocenters. The van der Waals surface area contributed by atoms with E-state index in [2.05, 4.69) is 17.9 Å². The number of alkyl halides is 3. The molecule has 1 rings (SSSR count). The zero-order chi connectivity index (χ0) is 16.0. The van der Waals surface area contributed by atoms with E-state index in [1.807, 2.05) is 0 Å². The number of nitrogens with two attached hydrogens (primary N) is 1. The summed E-state index contributed by atoms with van der Waals surface area (Å²) in [5.74, 6) is -0.932. The van der Waals surface area contributed by atoms with Crippen LogP contribution in [0.1, 0.15) is 10.4 Å². The summed E-state index contributed by atoms with van der Waals surface area (Å²) in [5.41, 5.74) is 5.37. The standard InChI is InChI=1S/C14H15F3N2O2/c1-3-7-19(8-4-2)13(20)10-5-6-12(11(18)9-10)21-14(15,16)17/h3-6,9H,1-2,7-8,18H2. The first kappa shape index (κ1) is 16.6. The van der Waals surface area contributed by atoms with Crippen LogP contribution >= 0.6 is 0 Å². The molecule has 0 heterocycles. The fraction of sp³-hybridized carbons (Fsp3) is 0.214. The number of carbonyl (C=O) groups excluding carboxylic acids is 1. The van der Waals surface area contributed by atoms with Crippen molar-refractivity contribution >= 4 is 11.6 Å². The van der Waals surface area contributed by atoms with Crippen LogP contribution in [0.4, 0.5) is 18.9 Å². The van der Waals surface area contributed by atoms with Gasteiger partial charge >= 0.3 is 6.36 Å². The number of rotatable bonds is 6. The van der Waals surface area contributed by atoms with Gasteiger partial charge in [-0.25, -0.2) is 0 Å². The van der Waals surface area contributed by atoms with Crippen molar-refractivity contribution < 1.29 is 22.7 Å². The third kappa shape index (κ3) is 4.87. The molecular formula is C14H15F3N2O2. The van der Waals surface area contributed by atoms with E-state index in [9.17, 15) is 18.0 Å². The number of benzene rings is 1. The van der Waals surface area contributed by atoms with Crippen molar-refractivity contribution in [3.8, 4) is 5.75 Å². The normalized spacial score (nSPS) is 10.8. The van der Waals surface area contributed by atoms with Crippen LogP contribution in [0.15, 0.2) is 43.5 Å². The number of hydrogen-bond acceptors (Lipinski definition) is 3. The first-order chi connectivity index (χ1) is 9.78. The summed E-state index contributed by atoms with van der Waals surface area (Å²) < 4.78 is 40.1. The Morgan fingerprint density at radius 3 is 2.29 bits per heavy atom. The van der Waals surface area contributed by atoms with Crippen LogP contribution in [-0.4, -0.2) is 30.3 Å². The lowest BCUT2D eigenvalue weighted by Crippen LogP contribution is -2.31. The predicted octanol–water partition coefficient (Wildman–Crippen LogP) is 2.98. The van der Waals surface area contributed by atoms with Gasteiger partial charge in [0.1, 0.15) is 0 Å². The molecule has 1 aromatic carbocycles. The second-order valence-electron chi connectivity index (χ2n) is 4.09. The smallest absolute Gasteiger partial charge is 0.404 e. The summed E-state index contributed by atoms with van der Waals surface area (Å²) in [7, 11) is 0. The maximum absolute atomic E-state index is 12.2. The molecule has 0 radical (unpaired) electrons. The molecule has 4 nitrogen and oxygen atoms in total. The predicted molar refractivity (Wildman–Crippen MR) is 73.8 cm³/mol. The second-order valence-corrected chi connectivity index (χ2v) is 4.09. The molecule has 7 heteroatoms. The number of anilines is 1. The highest BCUT2D eigenvalue weighted by Crippen LogP contribution is 2.29. The van der Waals surface area contributed by atoms with Crippen LogP contribution in [0.2, 0.25) is 0 Å². The van der Waals surface area contributed by atoms with Gasteiger partial charge < -0.3 is 15.4 Å². The van der Waals surface area contributed by atoms with Crippen LogP contribution in [-0.2, 0) is 0 Å². The lowest BCUT2D eigenvalue weighted by Gasteiger charge is -2.20. The molecule has 0 saturated heterocycles. The molecule has 0 unspecified atom stereocenters. The van der Waals surface area contributed by atoms with Crippen LogP contribution in [0.3, 0.4) is 0 Å². The van der Waals surface area contributed by atoms with Gasteiger partial charge in [0.2, 0.25) is 0 Å². The molecule has 0 saturated carbocycles. The lowest BCUT2D eigenvalue weighted by atomic mass is 10.1. The maximum atomic E-state index is 12.2. The van der Waals surface area contributed by atoms with Gasteiger partial charge in [-0.3, -0.25) is 4.79 Å². The van der Waals surface area contributed by atoms with Crippen LogP contribution < -0.4 is 10.5 Å². The Bertz CT molecular complexity index is 532. The number of nitrogens with zero attached hydrogens (tertiary/aromatic N) is 1. The lowest BCUT2D eigenvalue weighted by molar-refractivity contribution is -0.274. The van der Waals surface area contributed by atoms with Gasteiger partial charge in [0, 0.05) is 18.7 Å². The summed E-state index contributed by atoms with van der Waals surface area (Å²) in [4.78, 5) is 13.6. The van der Waals surface area contributed by atoms with E-state index in [0.717, 1.165) is 12.1 Å². The Morgan fingerprint density at radius 2 is 1.86 bits per heavy atom. The highest BCUT2D eigenvalue weighted by molar-refractivity contribution is 5.95. The average molecular weight is 300 g/mol. The van der Waals surface area contributed by atoms with Crippen LogP contribution in [0.5, 0.6) is 5.75 Å². The molecule has 114 valence electrons. The first-order valence-corrected chi connectivity index (χ1v) is 5.95. The molecule has 0 aromatic heterocycles. The van der Waals surface area contributed by atoms with Gasteiger partial charge in [0.05, 0.1) is 5.69 Å². The first-order valence-electron chi connectivity index (χ1n) is 5.95.